The standard InChI is InChI=1S/C19H18FN3O4/c20-13-3-5-14(6-4-13)23-12-19(27-10-16(23)25)7-9-22(11-19)18(26)17-15(24)2-1-8-21-17/h1-6,8,24H,7,9-12H2. The molecule has 1 unspecified atom stereocenters. The van der Waals surface area contributed by atoms with Gasteiger partial charge in [0.25, 0.3) is 11.8 Å². The van der Waals surface area contributed by atoms with Crippen molar-refractivity contribution in [3.63, 3.8) is 0 Å². The molecule has 140 valence electrons. The van der Waals surface area contributed by atoms with Crippen LogP contribution in [0, 0.1) is 5.82 Å². The fraction of sp³-hybridized carbons (Fsp3) is 0.316. The lowest BCUT2D eigenvalue weighted by molar-refractivity contribution is -0.137. The molecule has 2 aliphatic heterocycles. The minimum atomic E-state index is -0.692. The van der Waals surface area contributed by atoms with Crippen LogP contribution >= 0.6 is 0 Å². The van der Waals surface area contributed by atoms with Crippen LogP contribution in [0.3, 0.4) is 0 Å². The topological polar surface area (TPSA) is 83.0 Å². The molecule has 2 aromatic rings. The van der Waals surface area contributed by atoms with Gasteiger partial charge in [-0.2, -0.15) is 0 Å². The Balaban J connectivity index is 1.52. The van der Waals surface area contributed by atoms with Crippen molar-refractivity contribution in [2.24, 2.45) is 0 Å². The molecule has 2 saturated heterocycles. The first-order chi connectivity index (χ1) is 13.0. The van der Waals surface area contributed by atoms with E-state index >= 15 is 0 Å². The molecule has 1 N–H and O–H groups in total. The second kappa shape index (κ2) is 6.62. The van der Waals surface area contributed by atoms with E-state index in [1.807, 2.05) is 0 Å². The summed E-state index contributed by atoms with van der Waals surface area (Å²) < 4.78 is 19.0. The molecule has 1 spiro atoms. The molecule has 0 aliphatic carbocycles. The van der Waals surface area contributed by atoms with E-state index in [1.165, 1.54) is 24.4 Å². The third-order valence-electron chi connectivity index (χ3n) is 4.98. The number of nitrogens with zero attached hydrogens (tertiary/aromatic N) is 3. The molecule has 2 aliphatic rings. The van der Waals surface area contributed by atoms with Crippen LogP contribution in [0.2, 0.25) is 0 Å². The number of carbonyl (C=O) groups excluding carboxylic acids is 2. The molecule has 8 heteroatoms. The van der Waals surface area contributed by atoms with Crippen molar-refractivity contribution >= 4 is 17.5 Å². The summed E-state index contributed by atoms with van der Waals surface area (Å²) in [4.78, 5) is 32.0. The molecule has 0 bridgehead atoms. The van der Waals surface area contributed by atoms with E-state index in [9.17, 15) is 19.1 Å². The van der Waals surface area contributed by atoms with Gasteiger partial charge in [-0.3, -0.25) is 9.59 Å². The summed E-state index contributed by atoms with van der Waals surface area (Å²) in [6, 6.07) is 8.68. The van der Waals surface area contributed by atoms with Gasteiger partial charge in [0.1, 0.15) is 23.8 Å². The van der Waals surface area contributed by atoms with Crippen molar-refractivity contribution < 1.29 is 23.8 Å². The Morgan fingerprint density at radius 2 is 2.00 bits per heavy atom. The zero-order valence-electron chi connectivity index (χ0n) is 14.5. The molecule has 1 atom stereocenters. The van der Waals surface area contributed by atoms with Crippen LogP contribution < -0.4 is 4.90 Å². The summed E-state index contributed by atoms with van der Waals surface area (Å²) in [5.41, 5.74) is -0.101. The van der Waals surface area contributed by atoms with E-state index in [-0.39, 0.29) is 48.8 Å². The third kappa shape index (κ3) is 3.23. The summed E-state index contributed by atoms with van der Waals surface area (Å²) in [6.07, 6.45) is 2.00. The van der Waals surface area contributed by atoms with Crippen LogP contribution in [0.5, 0.6) is 5.75 Å². The summed E-state index contributed by atoms with van der Waals surface area (Å²) in [5, 5.41) is 9.87. The number of amides is 2. The molecule has 0 radical (unpaired) electrons. The summed E-state index contributed by atoms with van der Waals surface area (Å²) in [6.45, 7) is 0.886. The first kappa shape index (κ1) is 17.4. The Kier molecular flexibility index (Phi) is 4.27. The van der Waals surface area contributed by atoms with Crippen molar-refractivity contribution in [2.75, 3.05) is 31.1 Å². The number of aromatic nitrogens is 1. The molecule has 1 aromatic carbocycles. The van der Waals surface area contributed by atoms with Gasteiger partial charge in [0.05, 0.1) is 13.1 Å². The second-order valence-corrected chi connectivity index (χ2v) is 6.78. The highest BCUT2D eigenvalue weighted by Crippen LogP contribution is 2.33. The molecule has 1 aromatic heterocycles. The lowest BCUT2D eigenvalue weighted by Gasteiger charge is -2.40. The molecule has 2 fully saturated rings. The van der Waals surface area contributed by atoms with Gasteiger partial charge in [0.15, 0.2) is 5.69 Å². The van der Waals surface area contributed by atoms with Crippen molar-refractivity contribution in [1.29, 1.82) is 0 Å². The van der Waals surface area contributed by atoms with E-state index in [2.05, 4.69) is 4.98 Å². The van der Waals surface area contributed by atoms with Crippen molar-refractivity contribution in [2.45, 2.75) is 12.0 Å². The monoisotopic (exact) mass is 371 g/mol. The van der Waals surface area contributed by atoms with Crippen molar-refractivity contribution in [1.82, 2.24) is 9.88 Å². The third-order valence-corrected chi connectivity index (χ3v) is 4.98. The highest BCUT2D eigenvalue weighted by Gasteiger charge is 2.47. The Labute approximate surface area is 155 Å². The number of carbonyl (C=O) groups is 2. The number of morpholine rings is 1. The lowest BCUT2D eigenvalue weighted by Crippen LogP contribution is -2.56. The van der Waals surface area contributed by atoms with Gasteiger partial charge in [-0.1, -0.05) is 0 Å². The van der Waals surface area contributed by atoms with Crippen LogP contribution in [-0.4, -0.2) is 58.6 Å². The van der Waals surface area contributed by atoms with Gasteiger partial charge < -0.3 is 19.6 Å². The van der Waals surface area contributed by atoms with Crippen LogP contribution in [0.1, 0.15) is 16.9 Å². The summed E-state index contributed by atoms with van der Waals surface area (Å²) in [7, 11) is 0. The summed E-state index contributed by atoms with van der Waals surface area (Å²) in [5.74, 6) is -1.13. The number of rotatable bonds is 2. The Morgan fingerprint density at radius 3 is 2.74 bits per heavy atom. The Morgan fingerprint density at radius 1 is 1.22 bits per heavy atom. The van der Waals surface area contributed by atoms with Gasteiger partial charge in [-0.25, -0.2) is 9.37 Å². The number of hydrogen-bond acceptors (Lipinski definition) is 5. The Bertz CT molecular complexity index is 889. The molecule has 3 heterocycles. The van der Waals surface area contributed by atoms with Crippen molar-refractivity contribution in [3.05, 3.63) is 54.1 Å². The van der Waals surface area contributed by atoms with Gasteiger partial charge in [0, 0.05) is 18.4 Å². The first-order valence-corrected chi connectivity index (χ1v) is 8.61. The number of likely N-dealkylation sites (tertiary alicyclic amines) is 1. The number of pyridine rings is 1. The normalized spacial score (nSPS) is 22.5. The number of aromatic hydroxyl groups is 1. The molecule has 2 amide bonds. The number of benzene rings is 1. The minimum absolute atomic E-state index is 0.00294. The quantitative estimate of drug-likeness (QED) is 0.867. The SMILES string of the molecule is O=C(c1ncccc1O)N1CCC2(C1)CN(c1ccc(F)cc1)C(=O)CO2. The number of anilines is 1. The van der Waals surface area contributed by atoms with E-state index in [0.29, 0.717) is 18.7 Å². The fourth-order valence-corrected chi connectivity index (χ4v) is 3.55. The molecule has 4 rings (SSSR count). The van der Waals surface area contributed by atoms with Gasteiger partial charge >= 0.3 is 0 Å². The van der Waals surface area contributed by atoms with Crippen LogP contribution in [-0.2, 0) is 9.53 Å². The largest absolute Gasteiger partial charge is 0.505 e. The average Bonchev–Trinajstić information content (AvgIpc) is 3.08. The predicted octanol–water partition coefficient (Wildman–Crippen LogP) is 1.57. The molecular weight excluding hydrogens is 353 g/mol. The molecule has 0 saturated carbocycles. The number of ether oxygens (including phenoxy) is 1. The zero-order valence-corrected chi connectivity index (χ0v) is 14.5. The smallest absolute Gasteiger partial charge is 0.276 e. The number of halogens is 1. The fourth-order valence-electron chi connectivity index (χ4n) is 3.55. The maximum Gasteiger partial charge on any atom is 0.276 e. The highest BCUT2D eigenvalue weighted by atomic mass is 19.1. The first-order valence-electron chi connectivity index (χ1n) is 8.61. The lowest BCUT2D eigenvalue weighted by atomic mass is 10.00. The van der Waals surface area contributed by atoms with Gasteiger partial charge in [0.2, 0.25) is 0 Å². The summed E-state index contributed by atoms with van der Waals surface area (Å²) >= 11 is 0. The van der Waals surface area contributed by atoms with E-state index in [1.54, 1.807) is 28.0 Å². The van der Waals surface area contributed by atoms with E-state index < -0.39 is 5.60 Å². The number of hydrogen-bond donors (Lipinski definition) is 1. The van der Waals surface area contributed by atoms with E-state index in [4.69, 9.17) is 4.74 Å². The average molecular weight is 371 g/mol. The highest BCUT2D eigenvalue weighted by molar-refractivity contribution is 5.96. The predicted molar refractivity (Wildman–Crippen MR) is 93.9 cm³/mol. The van der Waals surface area contributed by atoms with Crippen LogP contribution in [0.4, 0.5) is 10.1 Å². The minimum Gasteiger partial charge on any atom is -0.505 e. The zero-order chi connectivity index (χ0) is 19.0. The Hall–Kier alpha value is -3.00. The van der Waals surface area contributed by atoms with Gasteiger partial charge in [-0.05, 0) is 42.8 Å². The maximum absolute atomic E-state index is 13.2. The van der Waals surface area contributed by atoms with Crippen molar-refractivity contribution in [3.8, 4) is 5.75 Å². The molecular formula is C19H18FN3O4. The molecule has 7 nitrogen and oxygen atoms in total. The van der Waals surface area contributed by atoms with Crippen LogP contribution in [0.15, 0.2) is 42.6 Å². The van der Waals surface area contributed by atoms with Crippen LogP contribution in [0.25, 0.3) is 0 Å². The van der Waals surface area contributed by atoms with Gasteiger partial charge in [-0.15, -0.1) is 0 Å². The maximum atomic E-state index is 13.2. The molecule has 27 heavy (non-hydrogen) atoms. The van der Waals surface area contributed by atoms with E-state index in [0.717, 1.165) is 0 Å². The second-order valence-electron chi connectivity index (χ2n) is 6.78.